The van der Waals surface area contributed by atoms with Crippen LogP contribution >= 0.6 is 0 Å². The molecule has 0 amide bonds. The van der Waals surface area contributed by atoms with Crippen LogP contribution in [0.4, 0.5) is 37.8 Å². The molecule has 0 spiro atoms. The molecule has 170 valence electrons. The highest BCUT2D eigenvalue weighted by Crippen LogP contribution is 2.45. The van der Waals surface area contributed by atoms with Crippen LogP contribution in [-0.2, 0) is 18.8 Å². The van der Waals surface area contributed by atoms with E-state index in [1.165, 1.54) is 4.90 Å². The van der Waals surface area contributed by atoms with E-state index in [9.17, 15) is 26.3 Å². The van der Waals surface area contributed by atoms with E-state index < -0.39 is 23.5 Å². The molecule has 0 aliphatic carbocycles. The molecule has 1 aliphatic heterocycles. The van der Waals surface area contributed by atoms with Gasteiger partial charge in [-0.2, -0.15) is 26.3 Å². The van der Waals surface area contributed by atoms with Crippen LogP contribution < -0.4 is 10.6 Å². The molecule has 0 radical (unpaired) electrons. The third kappa shape index (κ3) is 4.78. The Labute approximate surface area is 176 Å². The van der Waals surface area contributed by atoms with Crippen LogP contribution in [0.2, 0.25) is 0 Å². The Morgan fingerprint density at radius 1 is 1.10 bits per heavy atom. The molecule has 31 heavy (non-hydrogen) atoms. The molecule has 3 rings (SSSR count). The largest absolute Gasteiger partial charge is 0.418 e. The molecule has 0 fully saturated rings. The topological polar surface area (TPSA) is 55.0 Å². The average molecular weight is 446 g/mol. The number of alkyl halides is 6. The molecule has 2 N–H and O–H groups in total. The first-order chi connectivity index (χ1) is 14.5. The van der Waals surface area contributed by atoms with E-state index in [1.54, 1.807) is 6.92 Å². The first kappa shape index (κ1) is 23.3. The number of benzene rings is 1. The van der Waals surface area contributed by atoms with Gasteiger partial charge in [0.25, 0.3) is 0 Å². The van der Waals surface area contributed by atoms with Gasteiger partial charge in [0, 0.05) is 24.6 Å². The molecular weight excluding hydrogens is 422 g/mol. The maximum Gasteiger partial charge on any atom is 0.418 e. The third-order valence-electron chi connectivity index (χ3n) is 5.47. The number of nitrogens with zero attached hydrogens (tertiary/aromatic N) is 3. The maximum atomic E-state index is 13.7. The summed E-state index contributed by atoms with van der Waals surface area (Å²) < 4.78 is 80.1. The molecule has 2 aromatic rings. The first-order valence-electron chi connectivity index (χ1n) is 10.1. The molecule has 10 heteroatoms. The van der Waals surface area contributed by atoms with Gasteiger partial charge in [0.2, 0.25) is 0 Å². The summed E-state index contributed by atoms with van der Waals surface area (Å²) in [6.07, 6.45) is -6.74. The van der Waals surface area contributed by atoms with Crippen LogP contribution in [0.3, 0.4) is 0 Å². The number of aryl methyl sites for hydroxylation is 1. The highest BCUT2D eigenvalue weighted by molar-refractivity contribution is 5.71. The minimum absolute atomic E-state index is 0.0509. The van der Waals surface area contributed by atoms with Crippen LogP contribution in [-0.4, -0.2) is 23.1 Å². The zero-order valence-corrected chi connectivity index (χ0v) is 17.2. The van der Waals surface area contributed by atoms with Gasteiger partial charge in [0.1, 0.15) is 11.6 Å². The summed E-state index contributed by atoms with van der Waals surface area (Å²) in [5, 5.41) is 0. The normalized spacial score (nSPS) is 15.3. The highest BCUT2D eigenvalue weighted by Gasteiger charge is 2.41. The Morgan fingerprint density at radius 3 is 2.39 bits per heavy atom. The molecule has 1 aromatic heterocycles. The monoisotopic (exact) mass is 446 g/mol. The fourth-order valence-electron chi connectivity index (χ4n) is 3.96. The predicted molar refractivity (Wildman–Crippen MR) is 105 cm³/mol. The van der Waals surface area contributed by atoms with Crippen molar-refractivity contribution in [3.8, 4) is 0 Å². The van der Waals surface area contributed by atoms with Crippen LogP contribution in [0.5, 0.6) is 0 Å². The lowest BCUT2D eigenvalue weighted by Crippen LogP contribution is -2.21. The lowest BCUT2D eigenvalue weighted by molar-refractivity contribution is -0.142. The highest BCUT2D eigenvalue weighted by atomic mass is 19.4. The molecule has 1 unspecified atom stereocenters. The number of anilines is 2. The van der Waals surface area contributed by atoms with Gasteiger partial charge in [0.05, 0.1) is 22.5 Å². The van der Waals surface area contributed by atoms with Gasteiger partial charge in [-0.25, -0.2) is 9.97 Å². The summed E-state index contributed by atoms with van der Waals surface area (Å²) in [5.74, 6) is 0.642. The molecule has 1 aromatic carbocycles. The minimum Gasteiger partial charge on any atom is -0.330 e. The number of hydrogen-bond donors (Lipinski definition) is 1. The molecule has 0 saturated carbocycles. The third-order valence-corrected chi connectivity index (χ3v) is 5.47. The Balaban J connectivity index is 2.11. The van der Waals surface area contributed by atoms with Crippen molar-refractivity contribution in [1.29, 1.82) is 0 Å². The SMILES string of the molecule is CCCCC(CN)c1nc(C)nc2c1CCN2c1ccc(C(F)(F)F)cc1C(F)(F)F. The van der Waals surface area contributed by atoms with E-state index in [2.05, 4.69) is 9.97 Å². The Morgan fingerprint density at radius 2 is 1.81 bits per heavy atom. The number of hydrogen-bond acceptors (Lipinski definition) is 4. The molecule has 0 bridgehead atoms. The zero-order chi connectivity index (χ0) is 23.0. The van der Waals surface area contributed by atoms with Crippen LogP contribution in [0, 0.1) is 6.92 Å². The Hall–Kier alpha value is -2.36. The Bertz CT molecular complexity index is 939. The number of nitrogens with two attached hydrogens (primary N) is 1. The van der Waals surface area contributed by atoms with Gasteiger partial charge >= 0.3 is 12.4 Å². The second kappa shape index (κ2) is 8.64. The van der Waals surface area contributed by atoms with Crippen molar-refractivity contribution in [3.63, 3.8) is 0 Å². The van der Waals surface area contributed by atoms with E-state index in [-0.39, 0.29) is 24.2 Å². The predicted octanol–water partition coefficient (Wildman–Crippen LogP) is 5.75. The summed E-state index contributed by atoms with van der Waals surface area (Å²) >= 11 is 0. The van der Waals surface area contributed by atoms with Crippen molar-refractivity contribution >= 4 is 11.5 Å². The number of unbranched alkanes of at least 4 members (excludes halogenated alkanes) is 1. The summed E-state index contributed by atoms with van der Waals surface area (Å²) in [6.45, 7) is 4.20. The van der Waals surface area contributed by atoms with Crippen molar-refractivity contribution in [2.24, 2.45) is 5.73 Å². The average Bonchev–Trinajstić information content (AvgIpc) is 3.10. The maximum absolute atomic E-state index is 13.7. The lowest BCUT2D eigenvalue weighted by atomic mass is 9.94. The van der Waals surface area contributed by atoms with Gasteiger partial charge in [-0.1, -0.05) is 19.8 Å². The van der Waals surface area contributed by atoms with Crippen molar-refractivity contribution in [2.75, 3.05) is 18.0 Å². The van der Waals surface area contributed by atoms with Gasteiger partial charge < -0.3 is 10.6 Å². The molecule has 1 aliphatic rings. The summed E-state index contributed by atoms with van der Waals surface area (Å²) in [6, 6.07) is 1.70. The first-order valence-corrected chi connectivity index (χ1v) is 10.1. The van der Waals surface area contributed by atoms with E-state index in [0.29, 0.717) is 36.2 Å². The number of fused-ring (bicyclic) bond motifs is 1. The molecule has 1 atom stereocenters. The smallest absolute Gasteiger partial charge is 0.330 e. The van der Waals surface area contributed by atoms with E-state index in [0.717, 1.165) is 31.0 Å². The summed E-state index contributed by atoms with van der Waals surface area (Å²) in [4.78, 5) is 10.2. The van der Waals surface area contributed by atoms with Crippen LogP contribution in [0.15, 0.2) is 18.2 Å². The van der Waals surface area contributed by atoms with Crippen molar-refractivity contribution in [1.82, 2.24) is 9.97 Å². The Kier molecular flexibility index (Phi) is 6.50. The molecule has 0 saturated heterocycles. The second-order valence-corrected chi connectivity index (χ2v) is 7.66. The molecule has 4 nitrogen and oxygen atoms in total. The van der Waals surface area contributed by atoms with Crippen molar-refractivity contribution in [2.45, 2.75) is 57.8 Å². The summed E-state index contributed by atoms with van der Waals surface area (Å²) in [7, 11) is 0. The summed E-state index contributed by atoms with van der Waals surface area (Å²) in [5.41, 5.74) is 4.35. The fraction of sp³-hybridized carbons (Fsp3) is 0.524. The van der Waals surface area contributed by atoms with Gasteiger partial charge in [-0.3, -0.25) is 0 Å². The van der Waals surface area contributed by atoms with Gasteiger partial charge in [0.15, 0.2) is 0 Å². The fourth-order valence-corrected chi connectivity index (χ4v) is 3.96. The zero-order valence-electron chi connectivity index (χ0n) is 17.2. The van der Waals surface area contributed by atoms with Gasteiger partial charge in [-0.15, -0.1) is 0 Å². The number of rotatable bonds is 6. The van der Waals surface area contributed by atoms with E-state index in [4.69, 9.17) is 5.73 Å². The van der Waals surface area contributed by atoms with Crippen LogP contribution in [0.25, 0.3) is 0 Å². The van der Waals surface area contributed by atoms with Crippen molar-refractivity contribution in [3.05, 3.63) is 46.4 Å². The van der Waals surface area contributed by atoms with Gasteiger partial charge in [-0.05, 0) is 38.0 Å². The quantitative estimate of drug-likeness (QED) is 0.574. The molecular formula is C21H24F6N4. The minimum atomic E-state index is -4.95. The van der Waals surface area contributed by atoms with E-state index >= 15 is 0 Å². The number of halogens is 6. The van der Waals surface area contributed by atoms with E-state index in [1.807, 2.05) is 6.92 Å². The second-order valence-electron chi connectivity index (χ2n) is 7.66. The van der Waals surface area contributed by atoms with Crippen molar-refractivity contribution < 1.29 is 26.3 Å². The lowest BCUT2D eigenvalue weighted by Gasteiger charge is -2.25. The molecule has 2 heterocycles. The van der Waals surface area contributed by atoms with Crippen LogP contribution in [0.1, 0.15) is 60.3 Å². The number of aromatic nitrogens is 2. The standard InChI is InChI=1S/C21H24F6N4/c1-3-4-5-13(11-28)18-15-8-9-31(19(15)30-12(2)29-18)17-7-6-14(20(22,23)24)10-16(17)21(25,26)27/h6-7,10,13H,3-5,8-9,11,28H2,1-2H3.